The SMILES string of the molecule is Cc1cc(C)cc(CNc2ccc(O)cc2)c1. The first-order chi connectivity index (χ1) is 8.13. The monoisotopic (exact) mass is 227 g/mol. The number of aromatic hydroxyl groups is 1. The van der Waals surface area contributed by atoms with Gasteiger partial charge in [-0.05, 0) is 43.7 Å². The molecule has 0 aliphatic carbocycles. The van der Waals surface area contributed by atoms with Crippen LogP contribution in [0.2, 0.25) is 0 Å². The third-order valence-electron chi connectivity index (χ3n) is 2.65. The average Bonchev–Trinajstić information content (AvgIpc) is 2.27. The largest absolute Gasteiger partial charge is 0.508 e. The molecular weight excluding hydrogens is 210 g/mol. The highest BCUT2D eigenvalue weighted by Crippen LogP contribution is 2.15. The second-order valence-electron chi connectivity index (χ2n) is 4.40. The van der Waals surface area contributed by atoms with Crippen molar-refractivity contribution in [2.24, 2.45) is 0 Å². The number of nitrogens with one attached hydrogen (secondary N) is 1. The molecule has 2 heteroatoms. The fourth-order valence-corrected chi connectivity index (χ4v) is 1.95. The van der Waals surface area contributed by atoms with Gasteiger partial charge in [0, 0.05) is 12.2 Å². The highest BCUT2D eigenvalue weighted by atomic mass is 16.3. The van der Waals surface area contributed by atoms with E-state index in [9.17, 15) is 5.11 Å². The molecule has 0 radical (unpaired) electrons. The zero-order chi connectivity index (χ0) is 12.3. The van der Waals surface area contributed by atoms with Gasteiger partial charge in [-0.15, -0.1) is 0 Å². The van der Waals surface area contributed by atoms with Crippen LogP contribution in [0.1, 0.15) is 16.7 Å². The summed E-state index contributed by atoms with van der Waals surface area (Å²) < 4.78 is 0. The first-order valence-electron chi connectivity index (χ1n) is 5.73. The van der Waals surface area contributed by atoms with E-state index in [1.807, 2.05) is 12.1 Å². The summed E-state index contributed by atoms with van der Waals surface area (Å²) in [5, 5.41) is 12.5. The highest BCUT2D eigenvalue weighted by molar-refractivity contribution is 5.46. The Labute approximate surface area is 102 Å². The van der Waals surface area contributed by atoms with E-state index in [1.165, 1.54) is 16.7 Å². The minimum absolute atomic E-state index is 0.293. The van der Waals surface area contributed by atoms with Crippen molar-refractivity contribution in [1.29, 1.82) is 0 Å². The maximum absolute atomic E-state index is 9.19. The number of hydrogen-bond donors (Lipinski definition) is 2. The molecule has 0 spiro atoms. The van der Waals surface area contributed by atoms with Gasteiger partial charge < -0.3 is 10.4 Å². The summed E-state index contributed by atoms with van der Waals surface area (Å²) in [6.45, 7) is 5.02. The standard InChI is InChI=1S/C15H17NO/c1-11-7-12(2)9-13(8-11)10-16-14-3-5-15(17)6-4-14/h3-9,16-17H,10H2,1-2H3. The number of phenolic OH excluding ortho intramolecular Hbond substituents is 1. The van der Waals surface area contributed by atoms with Crippen molar-refractivity contribution in [2.75, 3.05) is 5.32 Å². The van der Waals surface area contributed by atoms with Crippen LogP contribution in [0.4, 0.5) is 5.69 Å². The summed E-state index contributed by atoms with van der Waals surface area (Å²) in [5.41, 5.74) is 4.86. The molecule has 0 saturated carbocycles. The molecule has 2 nitrogen and oxygen atoms in total. The minimum atomic E-state index is 0.293. The summed E-state index contributed by atoms with van der Waals surface area (Å²) in [6.07, 6.45) is 0. The van der Waals surface area contributed by atoms with Gasteiger partial charge in [-0.2, -0.15) is 0 Å². The van der Waals surface area contributed by atoms with Crippen LogP contribution >= 0.6 is 0 Å². The fourth-order valence-electron chi connectivity index (χ4n) is 1.95. The lowest BCUT2D eigenvalue weighted by molar-refractivity contribution is 0.475. The lowest BCUT2D eigenvalue weighted by Crippen LogP contribution is -1.99. The van der Waals surface area contributed by atoms with Crippen molar-refractivity contribution in [3.63, 3.8) is 0 Å². The molecule has 88 valence electrons. The van der Waals surface area contributed by atoms with Gasteiger partial charge in [-0.25, -0.2) is 0 Å². The molecule has 0 amide bonds. The van der Waals surface area contributed by atoms with Crippen LogP contribution in [0.5, 0.6) is 5.75 Å². The summed E-state index contributed by atoms with van der Waals surface area (Å²) in [7, 11) is 0. The molecule has 17 heavy (non-hydrogen) atoms. The molecule has 0 aromatic heterocycles. The minimum Gasteiger partial charge on any atom is -0.508 e. The lowest BCUT2D eigenvalue weighted by Gasteiger charge is -2.08. The van der Waals surface area contributed by atoms with Crippen molar-refractivity contribution >= 4 is 5.69 Å². The van der Waals surface area contributed by atoms with E-state index in [1.54, 1.807) is 12.1 Å². The lowest BCUT2D eigenvalue weighted by atomic mass is 10.1. The number of benzene rings is 2. The normalized spacial score (nSPS) is 10.2. The Hall–Kier alpha value is -1.96. The smallest absolute Gasteiger partial charge is 0.115 e. The molecule has 0 unspecified atom stereocenters. The van der Waals surface area contributed by atoms with Gasteiger partial charge in [0.25, 0.3) is 0 Å². The zero-order valence-corrected chi connectivity index (χ0v) is 10.2. The Morgan fingerprint density at radius 3 is 2.12 bits per heavy atom. The number of phenols is 1. The van der Waals surface area contributed by atoms with E-state index < -0.39 is 0 Å². The molecule has 2 N–H and O–H groups in total. The van der Waals surface area contributed by atoms with Crippen LogP contribution in [-0.2, 0) is 6.54 Å². The van der Waals surface area contributed by atoms with E-state index in [4.69, 9.17) is 0 Å². The van der Waals surface area contributed by atoms with Crippen molar-refractivity contribution in [2.45, 2.75) is 20.4 Å². The number of rotatable bonds is 3. The molecule has 0 saturated heterocycles. The van der Waals surface area contributed by atoms with E-state index in [0.29, 0.717) is 5.75 Å². The maximum Gasteiger partial charge on any atom is 0.115 e. The quantitative estimate of drug-likeness (QED) is 0.785. The Balaban J connectivity index is 2.04. The van der Waals surface area contributed by atoms with Crippen molar-refractivity contribution in [3.05, 3.63) is 59.2 Å². The molecule has 0 atom stereocenters. The van der Waals surface area contributed by atoms with Crippen LogP contribution < -0.4 is 5.32 Å². The molecule has 2 rings (SSSR count). The average molecular weight is 227 g/mol. The van der Waals surface area contributed by atoms with Crippen LogP contribution in [0.25, 0.3) is 0 Å². The third-order valence-corrected chi connectivity index (χ3v) is 2.65. The number of hydrogen-bond acceptors (Lipinski definition) is 2. The first-order valence-corrected chi connectivity index (χ1v) is 5.73. The van der Waals surface area contributed by atoms with Crippen LogP contribution in [0.15, 0.2) is 42.5 Å². The van der Waals surface area contributed by atoms with Crippen LogP contribution in [0, 0.1) is 13.8 Å². The number of anilines is 1. The van der Waals surface area contributed by atoms with Gasteiger partial charge >= 0.3 is 0 Å². The summed E-state index contributed by atoms with van der Waals surface area (Å²) >= 11 is 0. The van der Waals surface area contributed by atoms with Gasteiger partial charge in [0.2, 0.25) is 0 Å². The molecule has 2 aromatic carbocycles. The van der Waals surface area contributed by atoms with E-state index >= 15 is 0 Å². The van der Waals surface area contributed by atoms with Crippen LogP contribution in [0.3, 0.4) is 0 Å². The highest BCUT2D eigenvalue weighted by Gasteiger charge is 1.97. The molecule has 2 aromatic rings. The topological polar surface area (TPSA) is 32.3 Å². The van der Waals surface area contributed by atoms with Crippen LogP contribution in [-0.4, -0.2) is 5.11 Å². The maximum atomic E-state index is 9.19. The van der Waals surface area contributed by atoms with E-state index in [0.717, 1.165) is 12.2 Å². The van der Waals surface area contributed by atoms with Gasteiger partial charge in [0.15, 0.2) is 0 Å². The second kappa shape index (κ2) is 4.91. The van der Waals surface area contributed by atoms with Gasteiger partial charge in [0.05, 0.1) is 0 Å². The second-order valence-corrected chi connectivity index (χ2v) is 4.40. The predicted octanol–water partition coefficient (Wildman–Crippen LogP) is 3.62. The molecule has 0 heterocycles. The van der Waals surface area contributed by atoms with E-state index in [2.05, 4.69) is 37.4 Å². The predicted molar refractivity (Wildman–Crippen MR) is 71.3 cm³/mol. The van der Waals surface area contributed by atoms with Crippen molar-refractivity contribution in [3.8, 4) is 5.75 Å². The molecule has 0 fully saturated rings. The third kappa shape index (κ3) is 3.25. The number of aryl methyl sites for hydroxylation is 2. The van der Waals surface area contributed by atoms with E-state index in [-0.39, 0.29) is 0 Å². The Morgan fingerprint density at radius 1 is 0.941 bits per heavy atom. The Kier molecular flexibility index (Phi) is 3.33. The molecule has 0 bridgehead atoms. The van der Waals surface area contributed by atoms with Gasteiger partial charge in [0.1, 0.15) is 5.75 Å². The summed E-state index contributed by atoms with van der Waals surface area (Å²) in [6, 6.07) is 13.6. The zero-order valence-electron chi connectivity index (χ0n) is 10.2. The Morgan fingerprint density at radius 2 is 1.53 bits per heavy atom. The van der Waals surface area contributed by atoms with Gasteiger partial charge in [-0.3, -0.25) is 0 Å². The Bertz CT molecular complexity index is 483. The molecule has 0 aliphatic heterocycles. The molecule has 0 aliphatic rings. The first kappa shape index (κ1) is 11.5. The summed E-state index contributed by atoms with van der Waals surface area (Å²) in [4.78, 5) is 0. The molecular formula is C15H17NO. The van der Waals surface area contributed by atoms with Gasteiger partial charge in [-0.1, -0.05) is 29.3 Å². The fraction of sp³-hybridized carbons (Fsp3) is 0.200. The summed E-state index contributed by atoms with van der Waals surface area (Å²) in [5.74, 6) is 0.293. The van der Waals surface area contributed by atoms with Crippen molar-refractivity contribution in [1.82, 2.24) is 0 Å². The van der Waals surface area contributed by atoms with Crippen molar-refractivity contribution < 1.29 is 5.11 Å².